The third kappa shape index (κ3) is 10.8. The average molecular weight is 445 g/mol. The molecule has 0 saturated heterocycles. The van der Waals surface area contributed by atoms with Crippen molar-refractivity contribution < 1.29 is 29.3 Å². The summed E-state index contributed by atoms with van der Waals surface area (Å²) in [7, 11) is 0. The van der Waals surface area contributed by atoms with Crippen LogP contribution in [0.5, 0.6) is 11.5 Å². The van der Waals surface area contributed by atoms with E-state index in [9.17, 15) is 14.7 Å². The highest BCUT2D eigenvalue weighted by Crippen LogP contribution is 2.18. The van der Waals surface area contributed by atoms with Crippen LogP contribution in [0.25, 0.3) is 0 Å². The van der Waals surface area contributed by atoms with Crippen molar-refractivity contribution in [3.05, 3.63) is 59.7 Å². The Morgan fingerprint density at radius 1 is 0.750 bits per heavy atom. The lowest BCUT2D eigenvalue weighted by Crippen LogP contribution is -2.06. The number of esters is 1. The quantitative estimate of drug-likeness (QED) is 0.271. The SMILES string of the molecule is CCCCCCOC(=O)c1ccccc1O.CCCCCCOc1ccccc1C(=O)O. The number of carboxylic acids is 1. The number of carbonyl (C=O) groups is 2. The fourth-order valence-electron chi connectivity index (χ4n) is 2.90. The van der Waals surface area contributed by atoms with E-state index < -0.39 is 11.9 Å². The van der Waals surface area contributed by atoms with Gasteiger partial charge in [0.05, 0.1) is 13.2 Å². The van der Waals surface area contributed by atoms with Crippen LogP contribution in [0.4, 0.5) is 0 Å². The summed E-state index contributed by atoms with van der Waals surface area (Å²) in [6.45, 7) is 5.30. The minimum Gasteiger partial charge on any atom is -0.507 e. The fourth-order valence-corrected chi connectivity index (χ4v) is 2.90. The molecule has 0 aliphatic carbocycles. The van der Waals surface area contributed by atoms with Gasteiger partial charge in [-0.3, -0.25) is 0 Å². The molecule has 0 fully saturated rings. The van der Waals surface area contributed by atoms with Gasteiger partial charge in [0.1, 0.15) is 22.6 Å². The molecule has 0 saturated carbocycles. The summed E-state index contributed by atoms with van der Waals surface area (Å²) in [5, 5.41) is 18.3. The van der Waals surface area contributed by atoms with Crippen molar-refractivity contribution >= 4 is 11.9 Å². The summed E-state index contributed by atoms with van der Waals surface area (Å²) in [6.07, 6.45) is 8.77. The Bertz CT molecular complexity index is 802. The number of para-hydroxylation sites is 2. The Hall–Kier alpha value is -3.02. The minimum atomic E-state index is -0.941. The molecule has 0 aromatic heterocycles. The lowest BCUT2D eigenvalue weighted by Gasteiger charge is -2.08. The molecule has 2 aromatic rings. The molecule has 2 N–H and O–H groups in total. The molecular formula is C26H36O6. The maximum Gasteiger partial charge on any atom is 0.341 e. The predicted octanol–water partition coefficient (Wildman–Crippen LogP) is 6.47. The molecule has 6 heteroatoms. The first kappa shape index (κ1) is 27.0. The summed E-state index contributed by atoms with van der Waals surface area (Å²) < 4.78 is 10.5. The van der Waals surface area contributed by atoms with Crippen LogP contribution in [-0.4, -0.2) is 35.4 Å². The van der Waals surface area contributed by atoms with Crippen LogP contribution in [0.3, 0.4) is 0 Å². The van der Waals surface area contributed by atoms with Gasteiger partial charge >= 0.3 is 11.9 Å². The van der Waals surface area contributed by atoms with Crippen LogP contribution in [-0.2, 0) is 4.74 Å². The van der Waals surface area contributed by atoms with E-state index in [0.29, 0.717) is 19.0 Å². The highest BCUT2D eigenvalue weighted by atomic mass is 16.5. The zero-order valence-corrected chi connectivity index (χ0v) is 19.2. The summed E-state index contributed by atoms with van der Waals surface area (Å²) in [4.78, 5) is 22.4. The van der Waals surface area contributed by atoms with Gasteiger partial charge in [-0.2, -0.15) is 0 Å². The third-order valence-electron chi connectivity index (χ3n) is 4.73. The molecule has 0 unspecified atom stereocenters. The van der Waals surface area contributed by atoms with Crippen LogP contribution >= 0.6 is 0 Å². The maximum absolute atomic E-state index is 11.5. The number of phenols is 1. The summed E-state index contributed by atoms with van der Waals surface area (Å²) in [6, 6.07) is 13.2. The van der Waals surface area contributed by atoms with Crippen LogP contribution in [0.1, 0.15) is 85.9 Å². The number of aromatic hydroxyl groups is 1. The standard InChI is InChI=1S/2C13H18O3/c1-2-3-4-7-10-16-12-9-6-5-8-11(12)13(14)15;1-2-3-4-7-10-16-13(15)11-8-5-6-9-12(11)14/h5-6,8-9H,2-4,7,10H2,1H3,(H,14,15);5-6,8-9,14H,2-4,7,10H2,1H3. The van der Waals surface area contributed by atoms with Crippen molar-refractivity contribution in [2.45, 2.75) is 65.2 Å². The number of carboxylic acid groups (broad SMARTS) is 1. The van der Waals surface area contributed by atoms with Gasteiger partial charge in [0, 0.05) is 0 Å². The van der Waals surface area contributed by atoms with Crippen LogP contribution in [0.2, 0.25) is 0 Å². The van der Waals surface area contributed by atoms with E-state index in [1.165, 1.54) is 18.9 Å². The lowest BCUT2D eigenvalue weighted by molar-refractivity contribution is 0.0494. The number of rotatable bonds is 13. The molecule has 2 aromatic carbocycles. The fraction of sp³-hybridized carbons (Fsp3) is 0.462. The number of hydrogen-bond acceptors (Lipinski definition) is 5. The first-order valence-corrected chi connectivity index (χ1v) is 11.4. The van der Waals surface area contributed by atoms with E-state index in [1.807, 2.05) is 0 Å². The summed E-state index contributed by atoms with van der Waals surface area (Å²) in [5.74, 6) is -0.952. The third-order valence-corrected chi connectivity index (χ3v) is 4.73. The van der Waals surface area contributed by atoms with Gasteiger partial charge < -0.3 is 19.7 Å². The Balaban J connectivity index is 0.000000320. The van der Waals surface area contributed by atoms with E-state index in [1.54, 1.807) is 42.5 Å². The van der Waals surface area contributed by atoms with E-state index in [-0.39, 0.29) is 16.9 Å². The average Bonchev–Trinajstić information content (AvgIpc) is 2.79. The van der Waals surface area contributed by atoms with Gasteiger partial charge in [0.2, 0.25) is 0 Å². The molecule has 0 spiro atoms. The normalized spacial score (nSPS) is 10.1. The van der Waals surface area contributed by atoms with Crippen molar-refractivity contribution in [1.82, 2.24) is 0 Å². The predicted molar refractivity (Wildman–Crippen MR) is 126 cm³/mol. The summed E-state index contributed by atoms with van der Waals surface area (Å²) in [5.41, 5.74) is 0.469. The van der Waals surface area contributed by atoms with Gasteiger partial charge in [0.25, 0.3) is 0 Å². The van der Waals surface area contributed by atoms with E-state index >= 15 is 0 Å². The van der Waals surface area contributed by atoms with Crippen molar-refractivity contribution in [1.29, 1.82) is 0 Å². The highest BCUT2D eigenvalue weighted by molar-refractivity contribution is 5.92. The van der Waals surface area contributed by atoms with E-state index in [2.05, 4.69) is 13.8 Å². The molecule has 0 radical (unpaired) electrons. The smallest absolute Gasteiger partial charge is 0.341 e. The van der Waals surface area contributed by atoms with Crippen molar-refractivity contribution in [3.8, 4) is 11.5 Å². The monoisotopic (exact) mass is 444 g/mol. The zero-order valence-electron chi connectivity index (χ0n) is 19.2. The van der Waals surface area contributed by atoms with Crippen LogP contribution < -0.4 is 4.74 Å². The van der Waals surface area contributed by atoms with Gasteiger partial charge in [-0.05, 0) is 37.1 Å². The van der Waals surface area contributed by atoms with Gasteiger partial charge in [-0.15, -0.1) is 0 Å². The van der Waals surface area contributed by atoms with E-state index in [0.717, 1.165) is 38.5 Å². The number of hydrogen-bond donors (Lipinski definition) is 2. The topological polar surface area (TPSA) is 93.1 Å². The molecule has 6 nitrogen and oxygen atoms in total. The Morgan fingerprint density at radius 2 is 1.31 bits per heavy atom. The van der Waals surface area contributed by atoms with Crippen molar-refractivity contribution in [2.24, 2.45) is 0 Å². The number of ether oxygens (including phenoxy) is 2. The number of carbonyl (C=O) groups excluding carboxylic acids is 1. The molecule has 176 valence electrons. The number of benzene rings is 2. The molecule has 32 heavy (non-hydrogen) atoms. The first-order chi connectivity index (χ1) is 15.5. The molecular weight excluding hydrogens is 408 g/mol. The van der Waals surface area contributed by atoms with Crippen LogP contribution in [0.15, 0.2) is 48.5 Å². The number of unbranched alkanes of at least 4 members (excludes halogenated alkanes) is 6. The second kappa shape index (κ2) is 16.6. The zero-order chi connectivity index (χ0) is 23.6. The van der Waals surface area contributed by atoms with E-state index in [4.69, 9.17) is 14.6 Å². The molecule has 0 aliphatic heterocycles. The van der Waals surface area contributed by atoms with Gasteiger partial charge in [-0.25, -0.2) is 9.59 Å². The van der Waals surface area contributed by atoms with Gasteiger partial charge in [-0.1, -0.05) is 76.6 Å². The minimum absolute atomic E-state index is 0.0268. The van der Waals surface area contributed by atoms with Crippen molar-refractivity contribution in [2.75, 3.05) is 13.2 Å². The largest absolute Gasteiger partial charge is 0.507 e. The summed E-state index contributed by atoms with van der Waals surface area (Å²) >= 11 is 0. The number of aromatic carboxylic acids is 1. The second-order valence-corrected chi connectivity index (χ2v) is 7.42. The molecule has 0 atom stereocenters. The van der Waals surface area contributed by atoms with Crippen LogP contribution in [0, 0.1) is 0 Å². The Labute approximate surface area is 191 Å². The second-order valence-electron chi connectivity index (χ2n) is 7.42. The molecule has 0 aliphatic rings. The molecule has 0 amide bonds. The maximum atomic E-state index is 11.5. The molecule has 0 heterocycles. The Kier molecular flexibility index (Phi) is 14.1. The number of phenolic OH excluding ortho intramolecular Hbond substituents is 1. The Morgan fingerprint density at radius 3 is 1.91 bits per heavy atom. The molecule has 2 rings (SSSR count). The highest BCUT2D eigenvalue weighted by Gasteiger charge is 2.11. The van der Waals surface area contributed by atoms with Gasteiger partial charge in [0.15, 0.2) is 0 Å². The lowest BCUT2D eigenvalue weighted by atomic mass is 10.2. The molecule has 0 bridgehead atoms. The first-order valence-electron chi connectivity index (χ1n) is 11.4. The van der Waals surface area contributed by atoms with Crippen molar-refractivity contribution in [3.63, 3.8) is 0 Å².